The van der Waals surface area contributed by atoms with Crippen LogP contribution in [0.25, 0.3) is 22.3 Å². The van der Waals surface area contributed by atoms with Gasteiger partial charge < -0.3 is 0 Å². The molecular formula is C32H29P. The van der Waals surface area contributed by atoms with Crippen LogP contribution in [-0.2, 0) is 0 Å². The number of rotatable bonds is 5. The van der Waals surface area contributed by atoms with Crippen molar-refractivity contribution in [3.63, 3.8) is 0 Å². The van der Waals surface area contributed by atoms with Gasteiger partial charge in [0.2, 0.25) is 0 Å². The van der Waals surface area contributed by atoms with Crippen LogP contribution >= 0.6 is 6.60 Å². The molecule has 0 saturated heterocycles. The van der Waals surface area contributed by atoms with Gasteiger partial charge in [0.05, 0.1) is 0 Å². The van der Waals surface area contributed by atoms with Gasteiger partial charge in [-0.05, 0) is 0 Å². The second-order valence-electron chi connectivity index (χ2n) is 9.29. The zero-order chi connectivity index (χ0) is 22.8. The molecule has 162 valence electrons. The van der Waals surface area contributed by atoms with E-state index in [-0.39, 0.29) is 0 Å². The minimum absolute atomic E-state index is 1.25. The molecule has 0 amide bonds. The quantitative estimate of drug-likeness (QED) is 0.253. The summed E-state index contributed by atoms with van der Waals surface area (Å²) in [6.45, 7) is 2.33. The summed E-state index contributed by atoms with van der Waals surface area (Å²) in [5, 5.41) is 4.21. The third kappa shape index (κ3) is 3.82. The van der Waals surface area contributed by atoms with E-state index in [2.05, 4.69) is 153 Å². The van der Waals surface area contributed by atoms with Gasteiger partial charge in [-0.15, -0.1) is 0 Å². The van der Waals surface area contributed by atoms with Gasteiger partial charge in [0.25, 0.3) is 0 Å². The summed E-state index contributed by atoms with van der Waals surface area (Å²) in [4.78, 5) is 0. The van der Waals surface area contributed by atoms with Crippen molar-refractivity contribution in [2.45, 2.75) is 0 Å². The summed E-state index contributed by atoms with van der Waals surface area (Å²) in [6.07, 6.45) is 0. The van der Waals surface area contributed by atoms with Crippen LogP contribution in [0.3, 0.4) is 0 Å². The van der Waals surface area contributed by atoms with Crippen LogP contribution in [0.5, 0.6) is 0 Å². The average Bonchev–Trinajstić information content (AvgIpc) is 2.90. The van der Waals surface area contributed by atoms with E-state index in [1.165, 1.54) is 38.2 Å². The van der Waals surface area contributed by atoms with Crippen LogP contribution in [0, 0.1) is 0 Å². The van der Waals surface area contributed by atoms with E-state index in [0.717, 1.165) is 0 Å². The molecule has 0 aromatic heterocycles. The summed E-state index contributed by atoms with van der Waals surface area (Å²) >= 11 is 0. The van der Waals surface area contributed by atoms with Crippen LogP contribution in [-0.4, -0.2) is 13.3 Å². The SMILES string of the molecule is CP(C)(c1ccccc1)(c1ccc(-c2ccccc2)cc1)c1ccc(-c2ccccc2)cc1. The molecule has 5 rings (SSSR count). The molecule has 0 atom stereocenters. The topological polar surface area (TPSA) is 0 Å². The molecule has 0 fully saturated rings. The zero-order valence-corrected chi connectivity index (χ0v) is 20.1. The fourth-order valence-electron chi connectivity index (χ4n) is 4.79. The van der Waals surface area contributed by atoms with Crippen molar-refractivity contribution in [1.29, 1.82) is 0 Å². The average molecular weight is 445 g/mol. The van der Waals surface area contributed by atoms with E-state index < -0.39 is 6.60 Å². The van der Waals surface area contributed by atoms with E-state index in [9.17, 15) is 0 Å². The van der Waals surface area contributed by atoms with E-state index in [4.69, 9.17) is 0 Å². The molecular weight excluding hydrogens is 415 g/mol. The summed E-state index contributed by atoms with van der Waals surface area (Å²) in [7, 11) is 0. The Morgan fingerprint density at radius 1 is 0.303 bits per heavy atom. The van der Waals surface area contributed by atoms with Crippen LogP contribution in [0.15, 0.2) is 140 Å². The Labute approximate surface area is 197 Å². The van der Waals surface area contributed by atoms with E-state index >= 15 is 0 Å². The Morgan fingerprint density at radius 2 is 0.576 bits per heavy atom. The summed E-state index contributed by atoms with van der Waals surface area (Å²) in [5.41, 5.74) is 5.02. The van der Waals surface area contributed by atoms with E-state index in [1.807, 2.05) is 0 Å². The zero-order valence-electron chi connectivity index (χ0n) is 19.2. The van der Waals surface area contributed by atoms with Crippen LogP contribution < -0.4 is 15.9 Å². The van der Waals surface area contributed by atoms with Crippen molar-refractivity contribution >= 4 is 22.5 Å². The summed E-state index contributed by atoms with van der Waals surface area (Å²) in [5.74, 6) is 0. The molecule has 0 aliphatic carbocycles. The molecule has 0 heterocycles. The maximum atomic E-state index is 2.48. The first-order valence-corrected chi connectivity index (χ1v) is 14.6. The Bertz CT molecular complexity index is 1250. The number of hydrogen-bond acceptors (Lipinski definition) is 0. The standard InChI is InChI=1S/C32H29P/c1-33(2,30-16-10-5-11-17-30,31-22-18-28(19-23-31)26-12-6-3-7-13-26)32-24-20-29(21-25-32)27-14-8-4-9-15-27/h3-25H,1-2H3. The Hall–Kier alpha value is -3.47. The second-order valence-corrected chi connectivity index (χ2v) is 15.1. The predicted molar refractivity (Wildman–Crippen MR) is 148 cm³/mol. The number of benzene rings is 5. The van der Waals surface area contributed by atoms with Crippen LogP contribution in [0.2, 0.25) is 0 Å². The third-order valence-electron chi connectivity index (χ3n) is 7.03. The first-order valence-electron chi connectivity index (χ1n) is 11.4. The molecule has 0 bridgehead atoms. The molecule has 0 radical (unpaired) electrons. The van der Waals surface area contributed by atoms with Gasteiger partial charge in [0.15, 0.2) is 0 Å². The second kappa shape index (κ2) is 8.47. The van der Waals surface area contributed by atoms with Gasteiger partial charge in [-0.3, -0.25) is 0 Å². The van der Waals surface area contributed by atoms with Gasteiger partial charge in [0, 0.05) is 0 Å². The molecule has 0 saturated carbocycles. The van der Waals surface area contributed by atoms with Gasteiger partial charge in [-0.2, -0.15) is 0 Å². The van der Waals surface area contributed by atoms with Crippen LogP contribution in [0.4, 0.5) is 0 Å². The summed E-state index contributed by atoms with van der Waals surface area (Å²) in [6, 6.07) is 50.8. The predicted octanol–water partition coefficient (Wildman–Crippen LogP) is 7.11. The van der Waals surface area contributed by atoms with Crippen molar-refractivity contribution in [2.75, 3.05) is 13.3 Å². The first kappa shape index (κ1) is 21.4. The normalized spacial score (nSPS) is 12.6. The molecule has 0 nitrogen and oxygen atoms in total. The van der Waals surface area contributed by atoms with Crippen LogP contribution in [0.1, 0.15) is 0 Å². The summed E-state index contributed by atoms with van der Waals surface area (Å²) < 4.78 is 0. The Kier molecular flexibility index (Phi) is 5.49. The third-order valence-corrected chi connectivity index (χ3v) is 12.6. The van der Waals surface area contributed by atoms with Crippen molar-refractivity contribution in [3.8, 4) is 22.3 Å². The van der Waals surface area contributed by atoms with Crippen molar-refractivity contribution in [1.82, 2.24) is 0 Å². The monoisotopic (exact) mass is 444 g/mol. The van der Waals surface area contributed by atoms with Gasteiger partial charge >= 0.3 is 198 Å². The Morgan fingerprint density at radius 3 is 0.939 bits per heavy atom. The fraction of sp³-hybridized carbons (Fsp3) is 0.0625. The molecule has 1 heteroatoms. The van der Waals surface area contributed by atoms with Gasteiger partial charge in [-0.25, -0.2) is 0 Å². The fourth-order valence-corrected chi connectivity index (χ4v) is 8.83. The van der Waals surface area contributed by atoms with Crippen molar-refractivity contribution < 1.29 is 0 Å². The first-order chi connectivity index (χ1) is 16.1. The molecule has 5 aromatic carbocycles. The molecule has 0 unspecified atom stereocenters. The molecule has 0 spiro atoms. The van der Waals surface area contributed by atoms with E-state index in [0.29, 0.717) is 0 Å². The molecule has 0 N–H and O–H groups in total. The van der Waals surface area contributed by atoms with Gasteiger partial charge in [0.1, 0.15) is 0 Å². The van der Waals surface area contributed by atoms with Crippen molar-refractivity contribution in [3.05, 3.63) is 140 Å². The van der Waals surface area contributed by atoms with E-state index in [1.54, 1.807) is 0 Å². The number of hydrogen-bond donors (Lipinski definition) is 0. The van der Waals surface area contributed by atoms with Gasteiger partial charge in [-0.1, -0.05) is 0 Å². The Balaban J connectivity index is 1.64. The molecule has 5 aromatic rings. The minimum atomic E-state index is -2.63. The molecule has 33 heavy (non-hydrogen) atoms. The maximum absolute atomic E-state index is 2.63. The molecule has 0 aliphatic rings. The molecule has 0 aliphatic heterocycles. The van der Waals surface area contributed by atoms with Crippen molar-refractivity contribution in [2.24, 2.45) is 0 Å².